The molecule has 4 heteroatoms. The maximum atomic E-state index is 5.69. The van der Waals surface area contributed by atoms with Gasteiger partial charge in [-0.3, -0.25) is 0 Å². The average molecular weight is 308 g/mol. The van der Waals surface area contributed by atoms with Crippen molar-refractivity contribution in [1.82, 2.24) is 9.55 Å². The number of rotatable bonds is 3. The minimum atomic E-state index is 0.483. The third-order valence-corrected chi connectivity index (χ3v) is 3.91. The van der Waals surface area contributed by atoms with Gasteiger partial charge in [-0.2, -0.15) is 0 Å². The Morgan fingerprint density at radius 1 is 1.33 bits per heavy atom. The maximum absolute atomic E-state index is 5.69. The predicted molar refractivity (Wildman–Crippen MR) is 77.5 cm³/mol. The van der Waals surface area contributed by atoms with E-state index in [1.807, 2.05) is 7.05 Å². The molecule has 0 atom stereocenters. The maximum Gasteiger partial charge on any atom is 0.122 e. The number of imidazole rings is 1. The number of halogens is 1. The molecular formula is C14H18BrN3. The Balaban J connectivity index is 2.34. The zero-order chi connectivity index (χ0) is 13.3. The molecule has 0 aliphatic carbocycles. The van der Waals surface area contributed by atoms with E-state index in [0.717, 1.165) is 22.4 Å². The highest BCUT2D eigenvalue weighted by Crippen LogP contribution is 2.20. The molecule has 1 heterocycles. The highest BCUT2D eigenvalue weighted by atomic mass is 79.9. The van der Waals surface area contributed by atoms with Gasteiger partial charge in [-0.25, -0.2) is 4.98 Å². The molecule has 0 amide bonds. The molecule has 0 aliphatic heterocycles. The zero-order valence-corrected chi connectivity index (χ0v) is 12.6. The van der Waals surface area contributed by atoms with E-state index in [4.69, 9.17) is 5.73 Å². The molecule has 1 aromatic heterocycles. The number of nitrogens with two attached hydrogens (primary N) is 1. The second kappa shape index (κ2) is 5.24. The van der Waals surface area contributed by atoms with Crippen LogP contribution in [0.15, 0.2) is 22.7 Å². The number of hydrogen-bond donors (Lipinski definition) is 1. The molecule has 0 saturated heterocycles. The number of hydrogen-bond acceptors (Lipinski definition) is 2. The molecule has 3 nitrogen and oxygen atoms in total. The normalized spacial score (nSPS) is 10.9. The first-order chi connectivity index (χ1) is 8.52. The van der Waals surface area contributed by atoms with Crippen molar-refractivity contribution in [3.8, 4) is 0 Å². The van der Waals surface area contributed by atoms with Crippen LogP contribution in [-0.2, 0) is 20.0 Å². The number of aromatic nitrogens is 2. The van der Waals surface area contributed by atoms with Crippen LogP contribution in [0.25, 0.3) is 0 Å². The van der Waals surface area contributed by atoms with E-state index in [1.165, 1.54) is 16.8 Å². The molecule has 0 radical (unpaired) electrons. The summed E-state index contributed by atoms with van der Waals surface area (Å²) in [4.78, 5) is 4.61. The summed E-state index contributed by atoms with van der Waals surface area (Å²) in [6.45, 7) is 4.70. The van der Waals surface area contributed by atoms with Crippen LogP contribution in [0.4, 0.5) is 0 Å². The Morgan fingerprint density at radius 2 is 2.06 bits per heavy atom. The minimum Gasteiger partial charge on any atom is -0.334 e. The summed E-state index contributed by atoms with van der Waals surface area (Å²) in [5, 5.41) is 0. The fraction of sp³-hybridized carbons (Fsp3) is 0.357. The van der Waals surface area contributed by atoms with Crippen LogP contribution in [0.1, 0.15) is 28.3 Å². The number of benzene rings is 1. The van der Waals surface area contributed by atoms with Crippen molar-refractivity contribution >= 4 is 15.9 Å². The van der Waals surface area contributed by atoms with Crippen LogP contribution in [0.5, 0.6) is 0 Å². The van der Waals surface area contributed by atoms with E-state index in [-0.39, 0.29) is 0 Å². The summed E-state index contributed by atoms with van der Waals surface area (Å²) < 4.78 is 3.19. The Bertz CT molecular complexity index is 573. The molecule has 2 aromatic rings. The summed E-state index contributed by atoms with van der Waals surface area (Å²) in [6.07, 6.45) is 0.860. The minimum absolute atomic E-state index is 0.483. The first-order valence-electron chi connectivity index (χ1n) is 5.99. The van der Waals surface area contributed by atoms with Crippen molar-refractivity contribution in [3.05, 3.63) is 51.0 Å². The summed E-state index contributed by atoms with van der Waals surface area (Å²) in [7, 11) is 2.02. The van der Waals surface area contributed by atoms with Crippen LogP contribution in [0, 0.1) is 13.8 Å². The van der Waals surface area contributed by atoms with E-state index < -0.39 is 0 Å². The Kier molecular flexibility index (Phi) is 3.88. The van der Waals surface area contributed by atoms with Crippen molar-refractivity contribution in [3.63, 3.8) is 0 Å². The van der Waals surface area contributed by atoms with Gasteiger partial charge < -0.3 is 10.3 Å². The molecule has 2 N–H and O–H groups in total. The van der Waals surface area contributed by atoms with Crippen molar-refractivity contribution in [2.24, 2.45) is 12.8 Å². The topological polar surface area (TPSA) is 43.8 Å². The van der Waals surface area contributed by atoms with Gasteiger partial charge in [-0.15, -0.1) is 0 Å². The van der Waals surface area contributed by atoms with E-state index in [1.54, 1.807) is 0 Å². The Morgan fingerprint density at radius 3 is 2.61 bits per heavy atom. The lowest BCUT2D eigenvalue weighted by Crippen LogP contribution is -2.05. The van der Waals surface area contributed by atoms with Crippen LogP contribution in [0.2, 0.25) is 0 Å². The van der Waals surface area contributed by atoms with E-state index >= 15 is 0 Å². The lowest BCUT2D eigenvalue weighted by Gasteiger charge is -2.05. The molecule has 96 valence electrons. The summed E-state index contributed by atoms with van der Waals surface area (Å²) in [5.74, 6) is 0.942. The highest BCUT2D eigenvalue weighted by molar-refractivity contribution is 9.10. The summed E-state index contributed by atoms with van der Waals surface area (Å²) in [6, 6.07) is 6.36. The van der Waals surface area contributed by atoms with Gasteiger partial charge in [-0.1, -0.05) is 22.0 Å². The van der Waals surface area contributed by atoms with Gasteiger partial charge in [0.1, 0.15) is 5.82 Å². The third-order valence-electron chi connectivity index (χ3n) is 3.42. The van der Waals surface area contributed by atoms with Crippen molar-refractivity contribution in [2.45, 2.75) is 26.8 Å². The van der Waals surface area contributed by atoms with Crippen LogP contribution >= 0.6 is 15.9 Å². The van der Waals surface area contributed by atoms with Gasteiger partial charge in [0.05, 0.1) is 12.2 Å². The van der Waals surface area contributed by atoms with Crippen LogP contribution in [-0.4, -0.2) is 9.55 Å². The highest BCUT2D eigenvalue weighted by Gasteiger charge is 2.11. The molecule has 0 unspecified atom stereocenters. The number of nitrogens with zero attached hydrogens (tertiary/aromatic N) is 2. The van der Waals surface area contributed by atoms with E-state index in [0.29, 0.717) is 6.54 Å². The predicted octanol–water partition coefficient (Wildman–Crippen LogP) is 2.85. The zero-order valence-electron chi connectivity index (χ0n) is 11.0. The fourth-order valence-corrected chi connectivity index (χ4v) is 2.56. The largest absolute Gasteiger partial charge is 0.334 e. The van der Waals surface area contributed by atoms with Crippen molar-refractivity contribution < 1.29 is 0 Å². The van der Waals surface area contributed by atoms with E-state index in [2.05, 4.69) is 57.5 Å². The summed E-state index contributed by atoms with van der Waals surface area (Å²) in [5.41, 5.74) is 10.6. The van der Waals surface area contributed by atoms with Gasteiger partial charge in [-0.05, 0) is 37.1 Å². The van der Waals surface area contributed by atoms with Crippen LogP contribution in [0.3, 0.4) is 0 Å². The van der Waals surface area contributed by atoms with Crippen molar-refractivity contribution in [2.75, 3.05) is 0 Å². The number of aryl methyl sites for hydroxylation is 1. The standard InChI is InChI=1S/C14H18BrN3/c1-9-6-12(15)5-4-11(9)7-13-10(2)18(3)14(8-16)17-13/h4-6H,7-8,16H2,1-3H3. The molecule has 0 spiro atoms. The van der Waals surface area contributed by atoms with E-state index in [9.17, 15) is 0 Å². The first-order valence-corrected chi connectivity index (χ1v) is 6.78. The molecule has 0 saturated carbocycles. The lowest BCUT2D eigenvalue weighted by atomic mass is 10.0. The molecule has 1 aromatic carbocycles. The molecular weight excluding hydrogens is 290 g/mol. The Labute approximate surface area is 116 Å². The molecule has 18 heavy (non-hydrogen) atoms. The second-order valence-corrected chi connectivity index (χ2v) is 5.49. The van der Waals surface area contributed by atoms with Crippen molar-refractivity contribution in [1.29, 1.82) is 0 Å². The smallest absolute Gasteiger partial charge is 0.122 e. The molecule has 0 fully saturated rings. The fourth-order valence-electron chi connectivity index (χ4n) is 2.09. The van der Waals surface area contributed by atoms with Gasteiger partial charge in [0.2, 0.25) is 0 Å². The average Bonchev–Trinajstić information content (AvgIpc) is 2.60. The summed E-state index contributed by atoms with van der Waals surface area (Å²) >= 11 is 3.49. The van der Waals surface area contributed by atoms with Crippen LogP contribution < -0.4 is 5.73 Å². The quantitative estimate of drug-likeness (QED) is 0.947. The second-order valence-electron chi connectivity index (χ2n) is 4.57. The first kappa shape index (κ1) is 13.3. The van der Waals surface area contributed by atoms with Gasteiger partial charge in [0, 0.05) is 23.6 Å². The monoisotopic (exact) mass is 307 g/mol. The lowest BCUT2D eigenvalue weighted by molar-refractivity contribution is 0.774. The third kappa shape index (κ3) is 2.49. The van der Waals surface area contributed by atoms with Gasteiger partial charge >= 0.3 is 0 Å². The molecule has 2 rings (SSSR count). The van der Waals surface area contributed by atoms with Gasteiger partial charge in [0.15, 0.2) is 0 Å². The SMILES string of the molecule is Cc1cc(Br)ccc1Cc1nc(CN)n(C)c1C. The van der Waals surface area contributed by atoms with Gasteiger partial charge in [0.25, 0.3) is 0 Å². The Hall–Kier alpha value is -1.13. The molecule has 0 bridgehead atoms. The molecule has 0 aliphatic rings.